The molecule has 4 rings (SSSR count). The second-order valence-electron chi connectivity index (χ2n) is 10.2. The van der Waals surface area contributed by atoms with E-state index in [1.807, 2.05) is 0 Å². The predicted molar refractivity (Wildman–Crippen MR) is 145 cm³/mol. The van der Waals surface area contributed by atoms with Crippen molar-refractivity contribution in [3.05, 3.63) is 117 Å². The second-order valence-corrected chi connectivity index (χ2v) is 10.2. The molecule has 0 amide bonds. The number of allylic oxidation sites excluding steroid dienone is 12. The zero-order chi connectivity index (χ0) is 23.7. The van der Waals surface area contributed by atoms with Gasteiger partial charge in [-0.1, -0.05) is 99.6 Å². The van der Waals surface area contributed by atoms with Crippen LogP contribution in [0.15, 0.2) is 100 Å². The molecule has 0 heteroatoms. The lowest BCUT2D eigenvalue weighted by Crippen LogP contribution is -2.22. The van der Waals surface area contributed by atoms with Gasteiger partial charge in [0.05, 0.1) is 0 Å². The lowest BCUT2D eigenvalue weighted by Gasteiger charge is -2.36. The van der Waals surface area contributed by atoms with Crippen LogP contribution >= 0.6 is 0 Å². The smallest absolute Gasteiger partial charge is 0.0203 e. The van der Waals surface area contributed by atoms with Crippen LogP contribution in [0.2, 0.25) is 0 Å². The standard InChI is InChI=1S/C33H40/c1-8-11-22(5)31-23(6)17-29-20-28(18-26-13-12-21(4)16-26)24(7)32(29)33(31)30-19-25(9-2)14-15-27(30)10-3/h12-15,17-19,32-33H,5,7-11,16,20H2,1-4,6H3/b28-18+. The minimum absolute atomic E-state index is 0.321. The number of hydrogen-bond donors (Lipinski definition) is 0. The molecule has 0 bridgehead atoms. The van der Waals surface area contributed by atoms with Crippen LogP contribution in [0.5, 0.6) is 0 Å². The Balaban J connectivity index is 1.84. The van der Waals surface area contributed by atoms with Gasteiger partial charge in [0.1, 0.15) is 0 Å². The van der Waals surface area contributed by atoms with Crippen LogP contribution in [0.1, 0.15) is 82.9 Å². The first-order chi connectivity index (χ1) is 15.9. The minimum atomic E-state index is 0.321. The summed E-state index contributed by atoms with van der Waals surface area (Å²) in [5.41, 5.74) is 15.7. The molecule has 1 saturated carbocycles. The van der Waals surface area contributed by atoms with Crippen molar-refractivity contribution in [2.75, 3.05) is 0 Å². The van der Waals surface area contributed by atoms with Crippen molar-refractivity contribution in [2.45, 2.75) is 79.1 Å². The molecule has 3 aliphatic carbocycles. The van der Waals surface area contributed by atoms with Crippen molar-refractivity contribution < 1.29 is 0 Å². The molecule has 2 atom stereocenters. The highest BCUT2D eigenvalue weighted by Gasteiger charge is 2.41. The first kappa shape index (κ1) is 23.6. The highest BCUT2D eigenvalue weighted by atomic mass is 14.4. The Kier molecular flexibility index (Phi) is 6.94. The molecule has 33 heavy (non-hydrogen) atoms. The van der Waals surface area contributed by atoms with E-state index in [0.29, 0.717) is 11.8 Å². The molecule has 0 aromatic heterocycles. The molecule has 1 aromatic carbocycles. The first-order valence-corrected chi connectivity index (χ1v) is 12.8. The van der Waals surface area contributed by atoms with Crippen LogP contribution in [0.3, 0.4) is 0 Å². The number of benzene rings is 1. The van der Waals surface area contributed by atoms with Gasteiger partial charge in [-0.3, -0.25) is 0 Å². The topological polar surface area (TPSA) is 0 Å². The van der Waals surface area contributed by atoms with E-state index >= 15 is 0 Å². The van der Waals surface area contributed by atoms with Gasteiger partial charge in [-0.05, 0) is 90.5 Å². The first-order valence-electron chi connectivity index (χ1n) is 12.8. The van der Waals surface area contributed by atoms with Gasteiger partial charge in [-0.15, -0.1) is 0 Å². The molecule has 1 fully saturated rings. The lowest BCUT2D eigenvalue weighted by atomic mass is 9.68. The molecule has 0 radical (unpaired) electrons. The molecule has 2 unspecified atom stereocenters. The van der Waals surface area contributed by atoms with Crippen molar-refractivity contribution in [2.24, 2.45) is 5.92 Å². The maximum absolute atomic E-state index is 4.71. The Hall–Kier alpha value is -2.60. The SMILES string of the molecule is C=C(CCC)C1=C(C)C=C2C/C(=C\C3=CC=C(C)C3)C(=C)C2C1c1cc(CC)ccc1CC. The Morgan fingerprint density at radius 3 is 2.45 bits per heavy atom. The Bertz CT molecular complexity index is 1140. The Morgan fingerprint density at radius 2 is 1.82 bits per heavy atom. The van der Waals surface area contributed by atoms with Crippen molar-refractivity contribution in [3.63, 3.8) is 0 Å². The van der Waals surface area contributed by atoms with Crippen molar-refractivity contribution >= 4 is 0 Å². The fourth-order valence-corrected chi connectivity index (χ4v) is 6.09. The van der Waals surface area contributed by atoms with E-state index in [1.54, 1.807) is 0 Å². The zero-order valence-electron chi connectivity index (χ0n) is 21.4. The van der Waals surface area contributed by atoms with E-state index in [9.17, 15) is 0 Å². The summed E-state index contributed by atoms with van der Waals surface area (Å²) in [5.74, 6) is 0.665. The molecule has 3 aliphatic rings. The summed E-state index contributed by atoms with van der Waals surface area (Å²) >= 11 is 0. The fourth-order valence-electron chi connectivity index (χ4n) is 6.09. The maximum Gasteiger partial charge on any atom is 0.0203 e. The summed E-state index contributed by atoms with van der Waals surface area (Å²) in [7, 11) is 0. The summed E-state index contributed by atoms with van der Waals surface area (Å²) in [6.07, 6.45) is 15.8. The van der Waals surface area contributed by atoms with E-state index in [2.05, 4.69) is 83.7 Å². The number of rotatable bonds is 7. The monoisotopic (exact) mass is 436 g/mol. The van der Waals surface area contributed by atoms with Gasteiger partial charge in [0.25, 0.3) is 0 Å². The van der Waals surface area contributed by atoms with Crippen molar-refractivity contribution in [3.8, 4) is 0 Å². The highest BCUT2D eigenvalue weighted by molar-refractivity contribution is 5.62. The number of hydrogen-bond acceptors (Lipinski definition) is 0. The van der Waals surface area contributed by atoms with Gasteiger partial charge in [0, 0.05) is 11.8 Å². The summed E-state index contributed by atoms with van der Waals surface area (Å²) in [6, 6.07) is 7.17. The maximum atomic E-state index is 4.71. The largest absolute Gasteiger partial charge is 0.0955 e. The van der Waals surface area contributed by atoms with Crippen molar-refractivity contribution in [1.82, 2.24) is 0 Å². The predicted octanol–water partition coefficient (Wildman–Crippen LogP) is 9.29. The van der Waals surface area contributed by atoms with E-state index in [-0.39, 0.29) is 0 Å². The van der Waals surface area contributed by atoms with Gasteiger partial charge in [0.15, 0.2) is 0 Å². The molecule has 1 aromatic rings. The number of aryl methyl sites for hydroxylation is 2. The third-order valence-corrected chi connectivity index (χ3v) is 7.74. The van der Waals surface area contributed by atoms with E-state index in [1.165, 1.54) is 61.3 Å². The molecule has 0 N–H and O–H groups in total. The van der Waals surface area contributed by atoms with Gasteiger partial charge in [-0.25, -0.2) is 0 Å². The molecule has 172 valence electrons. The number of fused-ring (bicyclic) bond motifs is 1. The van der Waals surface area contributed by atoms with Crippen LogP contribution < -0.4 is 0 Å². The van der Waals surface area contributed by atoms with Crippen LogP contribution in [-0.4, -0.2) is 0 Å². The normalized spacial score (nSPS) is 23.6. The van der Waals surface area contributed by atoms with Crippen LogP contribution in [0.25, 0.3) is 0 Å². The molecule has 0 spiro atoms. The average molecular weight is 437 g/mol. The molecule has 0 saturated heterocycles. The zero-order valence-corrected chi connectivity index (χ0v) is 21.4. The summed E-state index contributed by atoms with van der Waals surface area (Å²) in [6.45, 7) is 20.6. The fraction of sp³-hybridized carbons (Fsp3) is 0.394. The van der Waals surface area contributed by atoms with E-state index in [4.69, 9.17) is 6.58 Å². The minimum Gasteiger partial charge on any atom is -0.0955 e. The average Bonchev–Trinajstić information content (AvgIpc) is 3.34. The third kappa shape index (κ3) is 4.45. The summed E-state index contributed by atoms with van der Waals surface area (Å²) in [5, 5.41) is 0. The molecular formula is C33H40. The van der Waals surface area contributed by atoms with E-state index < -0.39 is 0 Å². The van der Waals surface area contributed by atoms with Crippen LogP contribution in [-0.2, 0) is 12.8 Å². The van der Waals surface area contributed by atoms with Gasteiger partial charge in [0.2, 0.25) is 0 Å². The molecule has 0 nitrogen and oxygen atoms in total. The molecule has 0 heterocycles. The van der Waals surface area contributed by atoms with Crippen LogP contribution in [0, 0.1) is 5.92 Å². The molecule has 0 aliphatic heterocycles. The van der Waals surface area contributed by atoms with E-state index in [0.717, 1.165) is 38.5 Å². The Labute approximate surface area is 201 Å². The Morgan fingerprint density at radius 1 is 1.03 bits per heavy atom. The second kappa shape index (κ2) is 9.72. The van der Waals surface area contributed by atoms with Crippen LogP contribution in [0.4, 0.5) is 0 Å². The highest BCUT2D eigenvalue weighted by Crippen LogP contribution is 2.55. The lowest BCUT2D eigenvalue weighted by molar-refractivity contribution is 0.613. The van der Waals surface area contributed by atoms with Crippen molar-refractivity contribution in [1.29, 1.82) is 0 Å². The van der Waals surface area contributed by atoms with Gasteiger partial charge in [-0.2, -0.15) is 0 Å². The van der Waals surface area contributed by atoms with Gasteiger partial charge < -0.3 is 0 Å². The molecular weight excluding hydrogens is 396 g/mol. The summed E-state index contributed by atoms with van der Waals surface area (Å²) in [4.78, 5) is 0. The summed E-state index contributed by atoms with van der Waals surface area (Å²) < 4.78 is 0. The quantitative estimate of drug-likeness (QED) is 0.399. The third-order valence-electron chi connectivity index (χ3n) is 7.74. The van der Waals surface area contributed by atoms with Gasteiger partial charge >= 0.3 is 0 Å².